The minimum absolute atomic E-state index is 0.0269. The largest absolute Gasteiger partial charge is 0.384 e. The third kappa shape index (κ3) is 4.05. The quantitative estimate of drug-likeness (QED) is 0.607. The standard InChI is InChI=1S/C23H24FN5OS2/c1-4-9-31-22-28-27-21(32-22)29-16-10-23(2,3)11-17(30)19(16)18(15(12-25)20(29)26)13-5-7-14(24)8-6-13/h5-8,18H,4,9-11,26H2,1-3H3. The number of hydrogen-bond donors (Lipinski definition) is 1. The number of rotatable bonds is 5. The fourth-order valence-corrected chi connectivity index (χ4v) is 6.06. The first-order valence-corrected chi connectivity index (χ1v) is 12.2. The Balaban J connectivity index is 1.90. The molecular weight excluding hydrogens is 445 g/mol. The van der Waals surface area contributed by atoms with Crippen molar-refractivity contribution in [3.8, 4) is 6.07 Å². The van der Waals surface area contributed by atoms with Crippen LogP contribution in [0.2, 0.25) is 0 Å². The lowest BCUT2D eigenvalue weighted by molar-refractivity contribution is -0.118. The van der Waals surface area contributed by atoms with Gasteiger partial charge in [-0.25, -0.2) is 4.39 Å². The van der Waals surface area contributed by atoms with Gasteiger partial charge in [-0.15, -0.1) is 10.2 Å². The van der Waals surface area contributed by atoms with Crippen LogP contribution in [0.15, 0.2) is 51.3 Å². The van der Waals surface area contributed by atoms with E-state index in [1.807, 2.05) is 13.8 Å². The van der Waals surface area contributed by atoms with Gasteiger partial charge >= 0.3 is 0 Å². The van der Waals surface area contributed by atoms with Gasteiger partial charge in [0.25, 0.3) is 0 Å². The van der Waals surface area contributed by atoms with E-state index in [4.69, 9.17) is 5.73 Å². The number of allylic oxidation sites excluding steroid dienone is 3. The molecule has 0 bridgehead atoms. The van der Waals surface area contributed by atoms with Crippen molar-refractivity contribution in [1.82, 2.24) is 10.2 Å². The molecule has 0 fully saturated rings. The predicted octanol–water partition coefficient (Wildman–Crippen LogP) is 5.12. The summed E-state index contributed by atoms with van der Waals surface area (Å²) in [5.41, 5.74) is 8.53. The summed E-state index contributed by atoms with van der Waals surface area (Å²) in [7, 11) is 0. The Morgan fingerprint density at radius 3 is 2.69 bits per heavy atom. The summed E-state index contributed by atoms with van der Waals surface area (Å²) < 4.78 is 14.4. The molecule has 0 radical (unpaired) electrons. The van der Waals surface area contributed by atoms with Crippen LogP contribution in [0, 0.1) is 22.6 Å². The fraction of sp³-hybridized carbons (Fsp3) is 0.391. The molecule has 1 aromatic heterocycles. The molecule has 1 aliphatic heterocycles. The number of aromatic nitrogens is 2. The molecule has 2 heterocycles. The van der Waals surface area contributed by atoms with Crippen molar-refractivity contribution < 1.29 is 9.18 Å². The second kappa shape index (κ2) is 8.68. The number of nitrogens with zero attached hydrogens (tertiary/aromatic N) is 4. The molecule has 0 spiro atoms. The molecule has 2 N–H and O–H groups in total. The summed E-state index contributed by atoms with van der Waals surface area (Å²) in [5, 5.41) is 19.2. The van der Waals surface area contributed by atoms with E-state index in [-0.39, 0.29) is 28.4 Å². The van der Waals surface area contributed by atoms with Crippen LogP contribution in [0.1, 0.15) is 51.5 Å². The highest BCUT2D eigenvalue weighted by Crippen LogP contribution is 2.50. The number of benzene rings is 1. The number of carbonyl (C=O) groups excluding carboxylic acids is 1. The van der Waals surface area contributed by atoms with E-state index in [0.29, 0.717) is 29.1 Å². The maximum Gasteiger partial charge on any atom is 0.219 e. The van der Waals surface area contributed by atoms with E-state index >= 15 is 0 Å². The minimum Gasteiger partial charge on any atom is -0.384 e. The van der Waals surface area contributed by atoms with Crippen molar-refractivity contribution in [1.29, 1.82) is 5.26 Å². The van der Waals surface area contributed by atoms with Crippen LogP contribution in [-0.4, -0.2) is 21.7 Å². The van der Waals surface area contributed by atoms with Crippen LogP contribution >= 0.6 is 23.1 Å². The van der Waals surface area contributed by atoms with Crippen LogP contribution in [-0.2, 0) is 4.79 Å². The normalized spacial score (nSPS) is 20.4. The molecule has 6 nitrogen and oxygen atoms in total. The molecule has 1 atom stereocenters. The first kappa shape index (κ1) is 22.5. The number of thioether (sulfide) groups is 1. The zero-order chi connectivity index (χ0) is 23.0. The van der Waals surface area contributed by atoms with Crippen LogP contribution in [0.3, 0.4) is 0 Å². The van der Waals surface area contributed by atoms with Crippen molar-refractivity contribution in [2.75, 3.05) is 10.7 Å². The molecule has 1 aromatic carbocycles. The van der Waals surface area contributed by atoms with Gasteiger partial charge in [0, 0.05) is 23.4 Å². The molecule has 2 aliphatic rings. The third-order valence-corrected chi connectivity index (χ3v) is 7.85. The Kier molecular flexibility index (Phi) is 6.10. The van der Waals surface area contributed by atoms with Crippen LogP contribution in [0.5, 0.6) is 0 Å². The maximum atomic E-state index is 13.6. The molecule has 0 saturated carbocycles. The Hall–Kier alpha value is -2.70. The van der Waals surface area contributed by atoms with Gasteiger partial charge in [0.2, 0.25) is 5.13 Å². The van der Waals surface area contributed by atoms with Gasteiger partial charge in [-0.1, -0.05) is 56.0 Å². The van der Waals surface area contributed by atoms with Gasteiger partial charge in [0.15, 0.2) is 10.1 Å². The molecule has 0 saturated heterocycles. The molecule has 0 amide bonds. The highest BCUT2D eigenvalue weighted by Gasteiger charge is 2.45. The third-order valence-electron chi connectivity index (χ3n) is 5.60. The Morgan fingerprint density at radius 1 is 1.31 bits per heavy atom. The Morgan fingerprint density at radius 2 is 2.03 bits per heavy atom. The van der Waals surface area contributed by atoms with Crippen molar-refractivity contribution >= 4 is 34.0 Å². The van der Waals surface area contributed by atoms with Crippen molar-refractivity contribution in [3.05, 3.63) is 58.3 Å². The summed E-state index contributed by atoms with van der Waals surface area (Å²) in [6.07, 6.45) is 1.98. The molecule has 1 aliphatic carbocycles. The molecular formula is C23H24FN5OS2. The highest BCUT2D eigenvalue weighted by atomic mass is 32.2. The van der Waals surface area contributed by atoms with Gasteiger partial charge in [-0.2, -0.15) is 5.26 Å². The van der Waals surface area contributed by atoms with E-state index in [1.54, 1.807) is 28.8 Å². The smallest absolute Gasteiger partial charge is 0.219 e. The molecule has 1 unspecified atom stereocenters. The Labute approximate surface area is 195 Å². The van der Waals surface area contributed by atoms with Crippen molar-refractivity contribution in [2.24, 2.45) is 11.1 Å². The van der Waals surface area contributed by atoms with Gasteiger partial charge in [0.1, 0.15) is 11.6 Å². The average molecular weight is 470 g/mol. The molecule has 4 rings (SSSR count). The zero-order valence-corrected chi connectivity index (χ0v) is 19.8. The first-order chi connectivity index (χ1) is 15.3. The lowest BCUT2D eigenvalue weighted by Crippen LogP contribution is -2.42. The van der Waals surface area contributed by atoms with Gasteiger partial charge in [0.05, 0.1) is 17.6 Å². The maximum absolute atomic E-state index is 13.6. The number of ketones is 1. The number of hydrogen-bond acceptors (Lipinski definition) is 8. The lowest BCUT2D eigenvalue weighted by atomic mass is 9.69. The van der Waals surface area contributed by atoms with E-state index in [0.717, 1.165) is 22.2 Å². The predicted molar refractivity (Wildman–Crippen MR) is 124 cm³/mol. The lowest BCUT2D eigenvalue weighted by Gasteiger charge is -2.42. The number of halogens is 1. The van der Waals surface area contributed by atoms with Crippen LogP contribution in [0.4, 0.5) is 9.52 Å². The first-order valence-electron chi connectivity index (χ1n) is 10.4. The molecule has 32 heavy (non-hydrogen) atoms. The molecule has 166 valence electrons. The molecule has 2 aromatic rings. The number of anilines is 1. The number of carbonyl (C=O) groups is 1. The Bertz CT molecular complexity index is 1160. The van der Waals surface area contributed by atoms with Gasteiger partial charge in [-0.05, 0) is 36.0 Å². The van der Waals surface area contributed by atoms with E-state index in [9.17, 15) is 14.4 Å². The van der Waals surface area contributed by atoms with E-state index in [2.05, 4.69) is 23.2 Å². The molecule has 9 heteroatoms. The highest BCUT2D eigenvalue weighted by molar-refractivity contribution is 8.01. The topological polar surface area (TPSA) is 95.9 Å². The summed E-state index contributed by atoms with van der Waals surface area (Å²) in [5.74, 6) is 0.139. The SMILES string of the molecule is CCCSc1nnc(N2C(N)=C(C#N)C(c3ccc(F)cc3)C3=C2CC(C)(C)CC3=O)s1. The number of Topliss-reactive ketones (excluding diaryl/α,β-unsaturated/α-hetero) is 1. The second-order valence-corrected chi connectivity index (χ2v) is 11.0. The van der Waals surface area contributed by atoms with Crippen LogP contribution < -0.4 is 10.6 Å². The fourth-order valence-electron chi connectivity index (χ4n) is 4.26. The zero-order valence-electron chi connectivity index (χ0n) is 18.2. The van der Waals surface area contributed by atoms with E-state index < -0.39 is 5.92 Å². The summed E-state index contributed by atoms with van der Waals surface area (Å²) in [6, 6.07) is 8.12. The minimum atomic E-state index is -0.627. The summed E-state index contributed by atoms with van der Waals surface area (Å²) in [6.45, 7) is 6.19. The average Bonchev–Trinajstić information content (AvgIpc) is 3.19. The van der Waals surface area contributed by atoms with Gasteiger partial charge < -0.3 is 5.73 Å². The summed E-state index contributed by atoms with van der Waals surface area (Å²) in [4.78, 5) is 15.2. The second-order valence-electron chi connectivity index (χ2n) is 8.73. The van der Waals surface area contributed by atoms with E-state index in [1.165, 1.54) is 23.5 Å². The van der Waals surface area contributed by atoms with Gasteiger partial charge in [-0.3, -0.25) is 9.69 Å². The van der Waals surface area contributed by atoms with Crippen LogP contribution in [0.25, 0.3) is 0 Å². The number of nitriles is 1. The monoisotopic (exact) mass is 469 g/mol. The van der Waals surface area contributed by atoms with Crippen molar-refractivity contribution in [3.63, 3.8) is 0 Å². The summed E-state index contributed by atoms with van der Waals surface area (Å²) >= 11 is 3.02. The van der Waals surface area contributed by atoms with Crippen molar-refractivity contribution in [2.45, 2.75) is 50.3 Å². The number of nitrogens with two attached hydrogens (primary N) is 1.